The standard InChI is InChI=1S/C13H18FN3O/c14-10-4-3-5-11(8-10)16-13(18)17-7-2-1-6-12(17)9-15/h3-5,8,12H,1-2,6-7,9,15H2,(H,16,18). The molecular weight excluding hydrogens is 233 g/mol. The molecule has 1 aliphatic heterocycles. The maximum absolute atomic E-state index is 13.0. The van der Waals surface area contributed by atoms with Crippen LogP contribution >= 0.6 is 0 Å². The van der Waals surface area contributed by atoms with Gasteiger partial charge < -0.3 is 16.0 Å². The zero-order chi connectivity index (χ0) is 13.0. The second-order valence-corrected chi connectivity index (χ2v) is 4.52. The van der Waals surface area contributed by atoms with Crippen LogP contribution < -0.4 is 11.1 Å². The van der Waals surface area contributed by atoms with Crippen LogP contribution in [0, 0.1) is 5.82 Å². The lowest BCUT2D eigenvalue weighted by atomic mass is 10.0. The molecule has 18 heavy (non-hydrogen) atoms. The molecule has 2 rings (SSSR count). The zero-order valence-electron chi connectivity index (χ0n) is 10.2. The lowest BCUT2D eigenvalue weighted by Crippen LogP contribution is -2.49. The SMILES string of the molecule is NCC1CCCCN1C(=O)Nc1cccc(F)c1. The molecule has 1 saturated heterocycles. The van der Waals surface area contributed by atoms with Crippen LogP contribution in [-0.2, 0) is 0 Å². The average Bonchev–Trinajstić information content (AvgIpc) is 2.38. The summed E-state index contributed by atoms with van der Waals surface area (Å²) in [6.07, 6.45) is 3.03. The van der Waals surface area contributed by atoms with Crippen LogP contribution in [0.2, 0.25) is 0 Å². The van der Waals surface area contributed by atoms with Gasteiger partial charge in [-0.2, -0.15) is 0 Å². The molecule has 2 amide bonds. The van der Waals surface area contributed by atoms with Crippen molar-refractivity contribution < 1.29 is 9.18 Å². The molecule has 0 bridgehead atoms. The maximum atomic E-state index is 13.0. The molecule has 1 aromatic rings. The Balaban J connectivity index is 2.02. The number of nitrogens with one attached hydrogen (secondary N) is 1. The third-order valence-electron chi connectivity index (χ3n) is 3.24. The Labute approximate surface area is 106 Å². The summed E-state index contributed by atoms with van der Waals surface area (Å²) in [5, 5.41) is 2.71. The van der Waals surface area contributed by atoms with Gasteiger partial charge >= 0.3 is 6.03 Å². The van der Waals surface area contributed by atoms with E-state index in [1.165, 1.54) is 12.1 Å². The topological polar surface area (TPSA) is 58.4 Å². The van der Waals surface area contributed by atoms with E-state index in [0.717, 1.165) is 19.3 Å². The fourth-order valence-corrected chi connectivity index (χ4v) is 2.27. The van der Waals surface area contributed by atoms with Crippen LogP contribution in [0.25, 0.3) is 0 Å². The lowest BCUT2D eigenvalue weighted by molar-refractivity contribution is 0.166. The largest absolute Gasteiger partial charge is 0.328 e. The minimum atomic E-state index is -0.359. The summed E-state index contributed by atoms with van der Waals surface area (Å²) < 4.78 is 13.0. The first kappa shape index (κ1) is 12.8. The number of halogens is 1. The Morgan fingerprint density at radius 1 is 1.50 bits per heavy atom. The molecule has 0 radical (unpaired) electrons. The summed E-state index contributed by atoms with van der Waals surface area (Å²) in [5.41, 5.74) is 6.14. The Kier molecular flexibility index (Phi) is 4.15. The number of benzene rings is 1. The molecule has 3 N–H and O–H groups in total. The molecule has 1 aromatic carbocycles. The van der Waals surface area contributed by atoms with Crippen LogP contribution in [0.3, 0.4) is 0 Å². The zero-order valence-corrected chi connectivity index (χ0v) is 10.2. The van der Waals surface area contributed by atoms with Crippen molar-refractivity contribution in [1.29, 1.82) is 0 Å². The molecule has 98 valence electrons. The summed E-state index contributed by atoms with van der Waals surface area (Å²) in [6, 6.07) is 5.78. The molecule has 0 aliphatic carbocycles. The number of nitrogens with two attached hydrogens (primary N) is 1. The monoisotopic (exact) mass is 251 g/mol. The Morgan fingerprint density at radius 2 is 2.33 bits per heavy atom. The van der Waals surface area contributed by atoms with Crippen LogP contribution in [0.1, 0.15) is 19.3 Å². The minimum Gasteiger partial charge on any atom is -0.328 e. The molecule has 4 nitrogen and oxygen atoms in total. The molecule has 1 atom stereocenters. The number of nitrogens with zero attached hydrogens (tertiary/aromatic N) is 1. The van der Waals surface area contributed by atoms with Crippen LogP contribution in [0.5, 0.6) is 0 Å². The van der Waals surface area contributed by atoms with Crippen LogP contribution in [-0.4, -0.2) is 30.1 Å². The summed E-state index contributed by atoms with van der Waals surface area (Å²) in [4.78, 5) is 13.8. The van der Waals surface area contributed by atoms with E-state index in [-0.39, 0.29) is 17.9 Å². The Hall–Kier alpha value is -1.62. The number of rotatable bonds is 2. The first-order valence-corrected chi connectivity index (χ1v) is 6.24. The van der Waals surface area contributed by atoms with Gasteiger partial charge in [-0.15, -0.1) is 0 Å². The highest BCUT2D eigenvalue weighted by molar-refractivity contribution is 5.89. The molecule has 5 heteroatoms. The molecule has 0 spiro atoms. The first-order valence-electron chi connectivity index (χ1n) is 6.24. The molecule has 1 heterocycles. The van der Waals surface area contributed by atoms with Gasteiger partial charge in [-0.05, 0) is 37.5 Å². The summed E-state index contributed by atoms with van der Waals surface area (Å²) in [6.45, 7) is 1.18. The van der Waals surface area contributed by atoms with Crippen molar-refractivity contribution in [2.75, 3.05) is 18.4 Å². The number of hydrogen-bond acceptors (Lipinski definition) is 2. The van der Waals surface area contributed by atoms with E-state index < -0.39 is 0 Å². The van der Waals surface area contributed by atoms with Crippen molar-refractivity contribution in [2.24, 2.45) is 5.73 Å². The van der Waals surface area contributed by atoms with E-state index in [2.05, 4.69) is 5.32 Å². The predicted molar refractivity (Wildman–Crippen MR) is 68.8 cm³/mol. The quantitative estimate of drug-likeness (QED) is 0.846. The van der Waals surface area contributed by atoms with Crippen molar-refractivity contribution in [3.63, 3.8) is 0 Å². The highest BCUT2D eigenvalue weighted by atomic mass is 19.1. The third kappa shape index (κ3) is 2.98. The molecule has 1 aliphatic rings. The number of urea groups is 1. The van der Waals surface area contributed by atoms with Gasteiger partial charge in [0, 0.05) is 24.8 Å². The number of carbonyl (C=O) groups is 1. The van der Waals surface area contributed by atoms with E-state index in [1.54, 1.807) is 17.0 Å². The molecule has 0 aromatic heterocycles. The lowest BCUT2D eigenvalue weighted by Gasteiger charge is -2.34. The number of amides is 2. The van der Waals surface area contributed by atoms with E-state index in [1.807, 2.05) is 0 Å². The number of likely N-dealkylation sites (tertiary alicyclic amines) is 1. The van der Waals surface area contributed by atoms with Gasteiger partial charge in [0.05, 0.1) is 0 Å². The smallest absolute Gasteiger partial charge is 0.322 e. The fraction of sp³-hybridized carbons (Fsp3) is 0.462. The van der Waals surface area contributed by atoms with Crippen molar-refractivity contribution in [3.05, 3.63) is 30.1 Å². The summed E-state index contributed by atoms with van der Waals surface area (Å²) in [7, 11) is 0. The predicted octanol–water partition coefficient (Wildman–Crippen LogP) is 2.17. The summed E-state index contributed by atoms with van der Waals surface area (Å²) in [5.74, 6) is -0.359. The average molecular weight is 251 g/mol. The van der Waals surface area contributed by atoms with Gasteiger partial charge in [0.1, 0.15) is 5.82 Å². The highest BCUT2D eigenvalue weighted by Crippen LogP contribution is 2.18. The Morgan fingerprint density at radius 3 is 3.06 bits per heavy atom. The highest BCUT2D eigenvalue weighted by Gasteiger charge is 2.25. The van der Waals surface area contributed by atoms with E-state index in [4.69, 9.17) is 5.73 Å². The number of anilines is 1. The van der Waals surface area contributed by atoms with E-state index in [9.17, 15) is 9.18 Å². The van der Waals surface area contributed by atoms with Gasteiger partial charge in [0.25, 0.3) is 0 Å². The van der Waals surface area contributed by atoms with Gasteiger partial charge in [0.15, 0.2) is 0 Å². The van der Waals surface area contributed by atoms with Crippen LogP contribution in [0.15, 0.2) is 24.3 Å². The van der Waals surface area contributed by atoms with Gasteiger partial charge in [0.2, 0.25) is 0 Å². The molecular formula is C13H18FN3O. The second-order valence-electron chi connectivity index (χ2n) is 4.52. The van der Waals surface area contributed by atoms with Gasteiger partial charge in [-0.3, -0.25) is 0 Å². The van der Waals surface area contributed by atoms with E-state index >= 15 is 0 Å². The fourth-order valence-electron chi connectivity index (χ4n) is 2.27. The molecule has 0 saturated carbocycles. The number of piperidine rings is 1. The van der Waals surface area contributed by atoms with Gasteiger partial charge in [-0.1, -0.05) is 6.07 Å². The summed E-state index contributed by atoms with van der Waals surface area (Å²) >= 11 is 0. The van der Waals surface area contributed by atoms with Crippen molar-refractivity contribution in [2.45, 2.75) is 25.3 Å². The first-order chi connectivity index (χ1) is 8.70. The third-order valence-corrected chi connectivity index (χ3v) is 3.24. The van der Waals surface area contributed by atoms with Crippen molar-refractivity contribution >= 4 is 11.7 Å². The van der Waals surface area contributed by atoms with E-state index in [0.29, 0.717) is 18.8 Å². The van der Waals surface area contributed by atoms with Crippen molar-refractivity contribution in [1.82, 2.24) is 4.90 Å². The van der Waals surface area contributed by atoms with Crippen molar-refractivity contribution in [3.8, 4) is 0 Å². The molecule has 1 fully saturated rings. The number of carbonyl (C=O) groups excluding carboxylic acids is 1. The normalized spacial score (nSPS) is 19.7. The minimum absolute atomic E-state index is 0.0901. The maximum Gasteiger partial charge on any atom is 0.322 e. The Bertz CT molecular complexity index is 424. The number of hydrogen-bond donors (Lipinski definition) is 2. The second kappa shape index (κ2) is 5.82. The van der Waals surface area contributed by atoms with Gasteiger partial charge in [-0.25, -0.2) is 9.18 Å². The van der Waals surface area contributed by atoms with Crippen LogP contribution in [0.4, 0.5) is 14.9 Å². The molecule has 1 unspecified atom stereocenters.